The van der Waals surface area contributed by atoms with Gasteiger partial charge in [0.05, 0.1) is 16.5 Å². The van der Waals surface area contributed by atoms with E-state index in [1.165, 1.54) is 18.2 Å². The number of nitrogens with zero attached hydrogens (tertiary/aromatic N) is 1. The summed E-state index contributed by atoms with van der Waals surface area (Å²) in [5, 5.41) is 8.85. The standard InChI is InChI=1S/C14H20N2O2S/c1-5-10(2)12(4)16-19(17,18)14-7-6-13(9-15)11(3)8-14/h6-8,10,12,16H,5H2,1-4H3. The fraction of sp³-hybridized carbons (Fsp3) is 0.500. The van der Waals surface area contributed by atoms with Gasteiger partial charge in [-0.15, -0.1) is 0 Å². The third kappa shape index (κ3) is 3.79. The molecule has 1 aromatic rings. The molecule has 1 rings (SSSR count). The van der Waals surface area contributed by atoms with Gasteiger partial charge in [-0.2, -0.15) is 5.26 Å². The Kier molecular flexibility index (Phi) is 5.10. The Labute approximate surface area is 115 Å². The second kappa shape index (κ2) is 6.18. The van der Waals surface area contributed by atoms with Gasteiger partial charge in [-0.3, -0.25) is 0 Å². The van der Waals surface area contributed by atoms with Crippen LogP contribution in [0.1, 0.15) is 38.3 Å². The fourth-order valence-electron chi connectivity index (χ4n) is 1.71. The summed E-state index contributed by atoms with van der Waals surface area (Å²) in [5.74, 6) is 0.272. The molecule has 0 saturated carbocycles. The molecule has 0 fully saturated rings. The first-order valence-corrected chi connectivity index (χ1v) is 7.83. The van der Waals surface area contributed by atoms with Gasteiger partial charge in [-0.05, 0) is 43.5 Å². The molecule has 0 aromatic heterocycles. The SMILES string of the molecule is CCC(C)C(C)NS(=O)(=O)c1ccc(C#N)c(C)c1. The number of hydrogen-bond acceptors (Lipinski definition) is 3. The fourth-order valence-corrected chi connectivity index (χ4v) is 3.15. The molecule has 0 aliphatic heterocycles. The highest BCUT2D eigenvalue weighted by molar-refractivity contribution is 7.89. The normalized spacial score (nSPS) is 14.7. The minimum Gasteiger partial charge on any atom is -0.208 e. The van der Waals surface area contributed by atoms with E-state index in [1.807, 2.05) is 26.8 Å². The minimum atomic E-state index is -3.52. The molecule has 4 nitrogen and oxygen atoms in total. The number of sulfonamides is 1. The van der Waals surface area contributed by atoms with E-state index in [2.05, 4.69) is 4.72 Å². The molecular weight excluding hydrogens is 260 g/mol. The molecule has 1 aromatic carbocycles. The molecule has 0 aliphatic rings. The van der Waals surface area contributed by atoms with Gasteiger partial charge in [0.15, 0.2) is 0 Å². The molecule has 104 valence electrons. The molecule has 0 saturated heterocycles. The van der Waals surface area contributed by atoms with Gasteiger partial charge in [0.1, 0.15) is 0 Å². The predicted octanol–water partition coefficient (Wildman–Crippen LogP) is 2.58. The summed E-state index contributed by atoms with van der Waals surface area (Å²) < 4.78 is 27.1. The van der Waals surface area contributed by atoms with Crippen LogP contribution >= 0.6 is 0 Å². The molecular formula is C14H20N2O2S. The van der Waals surface area contributed by atoms with E-state index in [1.54, 1.807) is 6.92 Å². The molecule has 2 atom stereocenters. The van der Waals surface area contributed by atoms with Crippen molar-refractivity contribution in [2.24, 2.45) is 5.92 Å². The van der Waals surface area contributed by atoms with E-state index in [4.69, 9.17) is 5.26 Å². The lowest BCUT2D eigenvalue weighted by Gasteiger charge is -2.20. The molecule has 0 aliphatic carbocycles. The second-order valence-corrected chi connectivity index (χ2v) is 6.60. The Hall–Kier alpha value is -1.38. The van der Waals surface area contributed by atoms with Crippen molar-refractivity contribution in [1.29, 1.82) is 5.26 Å². The van der Waals surface area contributed by atoms with Crippen molar-refractivity contribution in [3.05, 3.63) is 29.3 Å². The third-order valence-corrected chi connectivity index (χ3v) is 5.02. The monoisotopic (exact) mass is 280 g/mol. The first kappa shape index (κ1) is 15.7. The van der Waals surface area contributed by atoms with E-state index in [0.717, 1.165) is 6.42 Å². The van der Waals surface area contributed by atoms with Crippen molar-refractivity contribution < 1.29 is 8.42 Å². The van der Waals surface area contributed by atoms with Gasteiger partial charge in [0, 0.05) is 6.04 Å². The number of rotatable bonds is 5. The Bertz CT molecular complexity index is 588. The lowest BCUT2D eigenvalue weighted by Crippen LogP contribution is -2.36. The van der Waals surface area contributed by atoms with Crippen LogP contribution in [-0.2, 0) is 10.0 Å². The van der Waals surface area contributed by atoms with E-state index in [0.29, 0.717) is 11.1 Å². The topological polar surface area (TPSA) is 70.0 Å². The summed E-state index contributed by atoms with van der Waals surface area (Å²) in [5.41, 5.74) is 1.16. The van der Waals surface area contributed by atoms with Gasteiger partial charge in [0.25, 0.3) is 0 Å². The van der Waals surface area contributed by atoms with Gasteiger partial charge >= 0.3 is 0 Å². The first-order valence-electron chi connectivity index (χ1n) is 6.35. The van der Waals surface area contributed by atoms with E-state index < -0.39 is 10.0 Å². The van der Waals surface area contributed by atoms with Crippen molar-refractivity contribution in [1.82, 2.24) is 4.72 Å². The average molecular weight is 280 g/mol. The zero-order valence-corrected chi connectivity index (χ0v) is 12.6. The largest absolute Gasteiger partial charge is 0.240 e. The maximum absolute atomic E-state index is 12.2. The van der Waals surface area contributed by atoms with Crippen LogP contribution in [0.3, 0.4) is 0 Å². The van der Waals surface area contributed by atoms with Crippen LogP contribution in [0, 0.1) is 24.2 Å². The number of hydrogen-bond donors (Lipinski definition) is 1. The van der Waals surface area contributed by atoms with Crippen LogP contribution in [0.25, 0.3) is 0 Å². The van der Waals surface area contributed by atoms with E-state index in [-0.39, 0.29) is 16.9 Å². The Morgan fingerprint density at radius 2 is 2.00 bits per heavy atom. The molecule has 2 unspecified atom stereocenters. The maximum atomic E-state index is 12.2. The maximum Gasteiger partial charge on any atom is 0.240 e. The highest BCUT2D eigenvalue weighted by Crippen LogP contribution is 2.17. The van der Waals surface area contributed by atoms with Gasteiger partial charge < -0.3 is 0 Å². The van der Waals surface area contributed by atoms with Gasteiger partial charge in [-0.25, -0.2) is 13.1 Å². The number of benzene rings is 1. The molecule has 0 amide bonds. The Morgan fingerprint density at radius 3 is 2.47 bits per heavy atom. The van der Waals surface area contributed by atoms with Gasteiger partial charge in [-0.1, -0.05) is 20.3 Å². The Morgan fingerprint density at radius 1 is 1.37 bits per heavy atom. The molecule has 5 heteroatoms. The van der Waals surface area contributed by atoms with E-state index >= 15 is 0 Å². The van der Waals surface area contributed by atoms with Crippen molar-refractivity contribution in [3.63, 3.8) is 0 Å². The summed E-state index contributed by atoms with van der Waals surface area (Å²) in [7, 11) is -3.52. The summed E-state index contributed by atoms with van der Waals surface area (Å²) >= 11 is 0. The zero-order chi connectivity index (χ0) is 14.6. The zero-order valence-electron chi connectivity index (χ0n) is 11.8. The number of nitriles is 1. The minimum absolute atomic E-state index is 0.119. The molecule has 0 bridgehead atoms. The van der Waals surface area contributed by atoms with Crippen molar-refractivity contribution in [2.75, 3.05) is 0 Å². The quantitative estimate of drug-likeness (QED) is 0.901. The molecule has 0 spiro atoms. The van der Waals surface area contributed by atoms with E-state index in [9.17, 15) is 8.42 Å². The van der Waals surface area contributed by atoms with Crippen LogP contribution in [0.4, 0.5) is 0 Å². The highest BCUT2D eigenvalue weighted by Gasteiger charge is 2.20. The average Bonchev–Trinajstić information content (AvgIpc) is 2.37. The number of aryl methyl sites for hydroxylation is 1. The summed E-state index contributed by atoms with van der Waals surface area (Å²) in [6, 6.07) is 6.45. The lowest BCUT2D eigenvalue weighted by atomic mass is 10.0. The summed E-state index contributed by atoms with van der Waals surface area (Å²) in [4.78, 5) is 0.208. The van der Waals surface area contributed by atoms with Crippen LogP contribution < -0.4 is 4.72 Å². The lowest BCUT2D eigenvalue weighted by molar-refractivity contribution is 0.434. The van der Waals surface area contributed by atoms with Crippen LogP contribution in [0.2, 0.25) is 0 Å². The summed E-state index contributed by atoms with van der Waals surface area (Å²) in [6.45, 7) is 7.64. The molecule has 0 radical (unpaired) electrons. The summed E-state index contributed by atoms with van der Waals surface area (Å²) in [6.07, 6.45) is 0.913. The molecule has 1 N–H and O–H groups in total. The Balaban J connectivity index is 3.02. The smallest absolute Gasteiger partial charge is 0.208 e. The molecule has 19 heavy (non-hydrogen) atoms. The molecule has 0 heterocycles. The van der Waals surface area contributed by atoms with Crippen LogP contribution in [-0.4, -0.2) is 14.5 Å². The third-order valence-electron chi connectivity index (χ3n) is 3.47. The van der Waals surface area contributed by atoms with Crippen molar-refractivity contribution in [2.45, 2.75) is 45.1 Å². The van der Waals surface area contributed by atoms with Crippen LogP contribution in [0.15, 0.2) is 23.1 Å². The van der Waals surface area contributed by atoms with Gasteiger partial charge in [0.2, 0.25) is 10.0 Å². The van der Waals surface area contributed by atoms with Crippen molar-refractivity contribution >= 4 is 10.0 Å². The highest BCUT2D eigenvalue weighted by atomic mass is 32.2. The second-order valence-electron chi connectivity index (χ2n) is 4.88. The van der Waals surface area contributed by atoms with Crippen LogP contribution in [0.5, 0.6) is 0 Å². The number of nitrogens with one attached hydrogen (secondary N) is 1. The predicted molar refractivity (Wildman–Crippen MR) is 75.1 cm³/mol. The first-order chi connectivity index (χ1) is 8.81. The van der Waals surface area contributed by atoms with Crippen molar-refractivity contribution in [3.8, 4) is 6.07 Å².